The molecule has 0 atom stereocenters. The van der Waals surface area contributed by atoms with Crippen LogP contribution in [-0.4, -0.2) is 0 Å². The Morgan fingerprint density at radius 3 is 1.39 bits per heavy atom. The van der Waals surface area contributed by atoms with E-state index in [-0.39, 0.29) is 11.1 Å². The average molecular weight is 494 g/mol. The largest absolute Gasteiger partial charge is 0.464 e. The molecule has 0 saturated carbocycles. The fraction of sp³-hybridized carbons (Fsp3) is 0. The van der Waals surface area contributed by atoms with E-state index in [1.807, 2.05) is 24.3 Å². The van der Waals surface area contributed by atoms with E-state index in [0.717, 1.165) is 10.8 Å². The lowest BCUT2D eigenvalue weighted by Crippen LogP contribution is -1.84. The third-order valence-electron chi connectivity index (χ3n) is 5.60. The zero-order chi connectivity index (χ0) is 26.5. The normalized spacial score (nSPS) is 10.8. The van der Waals surface area contributed by atoms with Crippen LogP contribution in [0, 0.1) is 45.3 Å². The zero-order valence-corrected chi connectivity index (χ0v) is 19.5. The highest BCUT2D eigenvalue weighted by molar-refractivity contribution is 6.17. The van der Waals surface area contributed by atoms with Gasteiger partial charge >= 0.3 is 0 Å². The fourth-order valence-electron chi connectivity index (χ4n) is 3.96. The van der Waals surface area contributed by atoms with E-state index in [4.69, 9.17) is 38.7 Å². The molecule has 0 spiro atoms. The number of nitrogens with zero attached hydrogens (tertiary/aromatic N) is 4. The number of furan rings is 4. The van der Waals surface area contributed by atoms with Crippen LogP contribution < -0.4 is 0 Å². The van der Waals surface area contributed by atoms with Crippen molar-refractivity contribution in [2.45, 2.75) is 0 Å². The van der Waals surface area contributed by atoms with Crippen LogP contribution in [0.4, 0.5) is 0 Å². The Bertz CT molecular complexity index is 1750. The Hall–Kier alpha value is -6.22. The van der Waals surface area contributed by atoms with Gasteiger partial charge in [0.05, 0.1) is 23.7 Å². The SMILES string of the molecule is N#CC(C#N)=C/C=C/c1ccc(-c2c3ccoc3c(-c3ccc(/C=C/C=C(C#N)C#N)o3)c3ccoc23)o1. The molecular formula is C30H14N4O4. The van der Waals surface area contributed by atoms with Crippen LogP contribution >= 0.6 is 0 Å². The summed E-state index contributed by atoms with van der Waals surface area (Å²) in [4.78, 5) is 0. The van der Waals surface area contributed by atoms with Gasteiger partial charge in [-0.2, -0.15) is 21.0 Å². The summed E-state index contributed by atoms with van der Waals surface area (Å²) < 4.78 is 23.9. The summed E-state index contributed by atoms with van der Waals surface area (Å²) in [5.41, 5.74) is 2.56. The molecule has 4 heterocycles. The van der Waals surface area contributed by atoms with Gasteiger partial charge in [0.25, 0.3) is 0 Å². The van der Waals surface area contributed by atoms with Crippen LogP contribution in [0.3, 0.4) is 0 Å². The van der Waals surface area contributed by atoms with Crippen LogP contribution in [0.15, 0.2) is 102 Å². The number of benzene rings is 1. The molecular weight excluding hydrogens is 480 g/mol. The third kappa shape index (κ3) is 4.30. The topological polar surface area (TPSA) is 148 Å². The molecule has 4 aromatic heterocycles. The van der Waals surface area contributed by atoms with Gasteiger partial charge in [-0.25, -0.2) is 0 Å². The monoisotopic (exact) mass is 494 g/mol. The first kappa shape index (κ1) is 23.5. The molecule has 8 heteroatoms. The second-order valence-corrected chi connectivity index (χ2v) is 7.81. The Labute approximate surface area is 215 Å². The minimum Gasteiger partial charge on any atom is -0.464 e. The molecule has 0 aliphatic heterocycles. The number of nitriles is 4. The first-order valence-corrected chi connectivity index (χ1v) is 11.1. The maximum Gasteiger partial charge on any atom is 0.146 e. The van der Waals surface area contributed by atoms with Crippen LogP contribution in [-0.2, 0) is 0 Å². The van der Waals surface area contributed by atoms with Gasteiger partial charge in [-0.05, 0) is 60.7 Å². The van der Waals surface area contributed by atoms with Crippen molar-refractivity contribution in [1.29, 1.82) is 21.0 Å². The summed E-state index contributed by atoms with van der Waals surface area (Å²) in [6.07, 6.45) is 12.4. The highest BCUT2D eigenvalue weighted by Gasteiger charge is 2.24. The predicted octanol–water partition coefficient (Wildman–Crippen LogP) is 7.67. The van der Waals surface area contributed by atoms with E-state index in [2.05, 4.69) is 0 Å². The second kappa shape index (κ2) is 10.2. The summed E-state index contributed by atoms with van der Waals surface area (Å²) in [5.74, 6) is 2.15. The summed E-state index contributed by atoms with van der Waals surface area (Å²) in [6.45, 7) is 0. The molecule has 1 aromatic carbocycles. The van der Waals surface area contributed by atoms with Crippen molar-refractivity contribution in [3.05, 3.63) is 95.9 Å². The van der Waals surface area contributed by atoms with E-state index in [1.54, 1.807) is 73.2 Å². The first-order valence-electron chi connectivity index (χ1n) is 11.1. The molecule has 0 aliphatic rings. The summed E-state index contributed by atoms with van der Waals surface area (Å²) in [6, 6.07) is 18.0. The van der Waals surface area contributed by atoms with Crippen molar-refractivity contribution >= 4 is 34.1 Å². The van der Waals surface area contributed by atoms with E-state index in [9.17, 15) is 0 Å². The van der Waals surface area contributed by atoms with E-state index < -0.39 is 0 Å². The smallest absolute Gasteiger partial charge is 0.146 e. The van der Waals surface area contributed by atoms with Gasteiger partial charge in [0.15, 0.2) is 0 Å². The lowest BCUT2D eigenvalue weighted by Gasteiger charge is -2.06. The molecule has 178 valence electrons. The standard InChI is InChI=1S/C30H14N4O4/c31-15-19(16-32)3-1-5-21-7-9-25(37-21)27-23-11-13-36-30(23)28(24-12-14-35-29(24)27)26-10-8-22(38-26)6-2-4-20(17-33)18-34/h1-14H/b5-1+,6-2+. The van der Waals surface area contributed by atoms with Gasteiger partial charge in [-0.15, -0.1) is 0 Å². The van der Waals surface area contributed by atoms with Crippen LogP contribution in [0.2, 0.25) is 0 Å². The Kier molecular flexibility index (Phi) is 6.30. The van der Waals surface area contributed by atoms with E-state index >= 15 is 0 Å². The number of hydrogen-bond acceptors (Lipinski definition) is 8. The molecule has 0 radical (unpaired) electrons. The van der Waals surface area contributed by atoms with Gasteiger partial charge in [0.2, 0.25) is 0 Å². The third-order valence-corrected chi connectivity index (χ3v) is 5.60. The molecule has 0 unspecified atom stereocenters. The van der Waals surface area contributed by atoms with Crippen LogP contribution in [0.1, 0.15) is 11.5 Å². The minimum absolute atomic E-state index is 0.0110. The van der Waals surface area contributed by atoms with Crippen molar-refractivity contribution < 1.29 is 17.7 Å². The zero-order valence-electron chi connectivity index (χ0n) is 19.5. The van der Waals surface area contributed by atoms with E-state index in [0.29, 0.717) is 45.3 Å². The van der Waals surface area contributed by atoms with Crippen molar-refractivity contribution in [1.82, 2.24) is 0 Å². The summed E-state index contributed by atoms with van der Waals surface area (Å²) in [5, 5.41) is 37.0. The molecule has 8 nitrogen and oxygen atoms in total. The molecule has 38 heavy (non-hydrogen) atoms. The molecule has 0 amide bonds. The lowest BCUT2D eigenvalue weighted by atomic mass is 9.98. The van der Waals surface area contributed by atoms with Crippen LogP contribution in [0.25, 0.3) is 56.7 Å². The number of fused-ring (bicyclic) bond motifs is 2. The summed E-state index contributed by atoms with van der Waals surface area (Å²) in [7, 11) is 0. The van der Waals surface area contributed by atoms with Gasteiger partial charge < -0.3 is 17.7 Å². The molecule has 0 fully saturated rings. The molecule has 0 bridgehead atoms. The van der Waals surface area contributed by atoms with Crippen molar-refractivity contribution in [2.24, 2.45) is 0 Å². The van der Waals surface area contributed by atoms with Gasteiger partial charge in [0, 0.05) is 10.8 Å². The number of rotatable bonds is 6. The minimum atomic E-state index is -0.0110. The summed E-state index contributed by atoms with van der Waals surface area (Å²) >= 11 is 0. The molecule has 0 N–H and O–H groups in total. The Morgan fingerprint density at radius 1 is 0.579 bits per heavy atom. The fourth-order valence-corrected chi connectivity index (χ4v) is 3.96. The average Bonchev–Trinajstić information content (AvgIpc) is 3.75. The molecule has 0 aliphatic carbocycles. The highest BCUT2D eigenvalue weighted by Crippen LogP contribution is 2.45. The number of hydrogen-bond donors (Lipinski definition) is 0. The maximum absolute atomic E-state index is 8.87. The van der Waals surface area contributed by atoms with E-state index in [1.165, 1.54) is 12.2 Å². The maximum atomic E-state index is 8.87. The van der Waals surface area contributed by atoms with Crippen molar-refractivity contribution in [3.8, 4) is 46.9 Å². The van der Waals surface area contributed by atoms with Gasteiger partial charge in [-0.3, -0.25) is 0 Å². The van der Waals surface area contributed by atoms with Gasteiger partial charge in [0.1, 0.15) is 69.6 Å². The molecule has 5 aromatic rings. The molecule has 5 rings (SSSR count). The van der Waals surface area contributed by atoms with Crippen molar-refractivity contribution in [2.75, 3.05) is 0 Å². The Balaban J connectivity index is 1.57. The predicted molar refractivity (Wildman–Crippen MR) is 138 cm³/mol. The first-order chi connectivity index (χ1) is 18.7. The quantitative estimate of drug-likeness (QED) is 0.172. The second-order valence-electron chi connectivity index (χ2n) is 7.81. The van der Waals surface area contributed by atoms with Crippen LogP contribution in [0.5, 0.6) is 0 Å². The molecule has 0 saturated heterocycles. The van der Waals surface area contributed by atoms with Gasteiger partial charge in [-0.1, -0.05) is 12.2 Å². The highest BCUT2D eigenvalue weighted by atomic mass is 16.4. The number of allylic oxidation sites excluding steroid dienone is 6. The van der Waals surface area contributed by atoms with Crippen molar-refractivity contribution in [3.63, 3.8) is 0 Å². The lowest BCUT2D eigenvalue weighted by molar-refractivity contribution is 0.566. The Morgan fingerprint density at radius 2 is 1.00 bits per heavy atom.